The van der Waals surface area contributed by atoms with Crippen molar-refractivity contribution in [1.29, 1.82) is 0 Å². The Labute approximate surface area is 116 Å². The van der Waals surface area contributed by atoms with Gasteiger partial charge in [-0.05, 0) is 19.0 Å². The summed E-state index contributed by atoms with van der Waals surface area (Å²) < 4.78 is 68.8. The van der Waals surface area contributed by atoms with E-state index in [-0.39, 0.29) is 13.0 Å². The number of rotatable bonds is 3. The van der Waals surface area contributed by atoms with E-state index in [4.69, 9.17) is 0 Å². The summed E-state index contributed by atoms with van der Waals surface area (Å²) in [4.78, 5) is 9.72. The van der Waals surface area contributed by atoms with Gasteiger partial charge < -0.3 is 0 Å². The average molecular weight is 310 g/mol. The Kier molecular flexibility index (Phi) is 3.87. The highest BCUT2D eigenvalue weighted by Gasteiger charge is 2.63. The molecule has 0 bridgehead atoms. The fraction of sp³-hybridized carbons (Fsp3) is 0.500. The molecule has 9 heteroatoms. The molecule has 0 aliphatic carbocycles. The van der Waals surface area contributed by atoms with Gasteiger partial charge in [0.05, 0.1) is 4.92 Å². The van der Waals surface area contributed by atoms with Gasteiger partial charge >= 0.3 is 0 Å². The van der Waals surface area contributed by atoms with E-state index in [9.17, 15) is 32.1 Å². The van der Waals surface area contributed by atoms with Crippen LogP contribution in [0.4, 0.5) is 27.6 Å². The fourth-order valence-corrected chi connectivity index (χ4v) is 2.50. The Balaban J connectivity index is 2.68. The molecule has 1 fully saturated rings. The van der Waals surface area contributed by atoms with Crippen molar-refractivity contribution in [2.75, 3.05) is 6.54 Å². The zero-order valence-corrected chi connectivity index (χ0v) is 10.6. The summed E-state index contributed by atoms with van der Waals surface area (Å²) >= 11 is 0. The first-order chi connectivity index (χ1) is 9.72. The van der Waals surface area contributed by atoms with Crippen molar-refractivity contribution in [2.45, 2.75) is 30.7 Å². The highest BCUT2D eigenvalue weighted by molar-refractivity contribution is 5.41. The molecule has 2 rings (SSSR count). The lowest BCUT2D eigenvalue weighted by Gasteiger charge is -2.44. The summed E-state index contributed by atoms with van der Waals surface area (Å²) in [6.07, 6.45) is -4.55. The first-order valence-corrected chi connectivity index (χ1v) is 6.08. The van der Waals surface area contributed by atoms with E-state index in [0.717, 1.165) is 6.07 Å². The standard InChI is InChI=1S/C12H11F5N2O2/c13-9-3-2-7(19(20)21)6-8(9)12(10(14)15)11(16,17)4-1-5-18-12/h2-3,6,10,18H,1,4-5H2/t12-/m0/s1. The smallest absolute Gasteiger partial charge is 0.275 e. The van der Waals surface area contributed by atoms with Crippen LogP contribution in [0.5, 0.6) is 0 Å². The van der Waals surface area contributed by atoms with Crippen molar-refractivity contribution < 1.29 is 26.9 Å². The van der Waals surface area contributed by atoms with E-state index in [1.807, 2.05) is 5.32 Å². The summed E-state index contributed by atoms with van der Waals surface area (Å²) in [5.41, 5.74) is -5.08. The Morgan fingerprint density at radius 1 is 1.33 bits per heavy atom. The number of nitro benzene ring substituents is 1. The number of benzene rings is 1. The van der Waals surface area contributed by atoms with Crippen molar-refractivity contribution in [1.82, 2.24) is 5.32 Å². The van der Waals surface area contributed by atoms with Crippen molar-refractivity contribution in [3.8, 4) is 0 Å². The summed E-state index contributed by atoms with van der Waals surface area (Å²) in [6.45, 7) is -0.165. The van der Waals surface area contributed by atoms with E-state index in [1.165, 1.54) is 0 Å². The molecule has 1 N–H and O–H groups in total. The van der Waals surface area contributed by atoms with Crippen molar-refractivity contribution in [3.63, 3.8) is 0 Å². The molecule has 0 spiro atoms. The summed E-state index contributed by atoms with van der Waals surface area (Å²) in [5, 5.41) is 12.7. The molecule has 0 radical (unpaired) electrons. The number of piperidine rings is 1. The molecule has 116 valence electrons. The average Bonchev–Trinajstić information content (AvgIpc) is 2.38. The highest BCUT2D eigenvalue weighted by atomic mass is 19.3. The summed E-state index contributed by atoms with van der Waals surface area (Å²) in [6, 6.07) is 1.72. The molecule has 1 aliphatic rings. The third-order valence-corrected chi connectivity index (χ3v) is 3.56. The number of halogens is 5. The second-order valence-corrected chi connectivity index (χ2v) is 4.76. The zero-order chi connectivity index (χ0) is 15.8. The second kappa shape index (κ2) is 5.21. The normalized spacial score (nSPS) is 25.0. The van der Waals surface area contributed by atoms with E-state index in [2.05, 4.69) is 0 Å². The molecule has 1 aromatic rings. The quantitative estimate of drug-likeness (QED) is 0.530. The maximum absolute atomic E-state index is 14.1. The lowest BCUT2D eigenvalue weighted by Crippen LogP contribution is -2.64. The number of hydrogen-bond acceptors (Lipinski definition) is 3. The van der Waals surface area contributed by atoms with Crippen LogP contribution in [0.25, 0.3) is 0 Å². The van der Waals surface area contributed by atoms with Crippen LogP contribution >= 0.6 is 0 Å². The summed E-state index contributed by atoms with van der Waals surface area (Å²) in [5.74, 6) is -5.27. The number of hydrogen-bond donors (Lipinski definition) is 1. The van der Waals surface area contributed by atoms with Crippen LogP contribution in [0.1, 0.15) is 18.4 Å². The van der Waals surface area contributed by atoms with Gasteiger partial charge in [-0.1, -0.05) is 0 Å². The van der Waals surface area contributed by atoms with Gasteiger partial charge in [-0.2, -0.15) is 0 Å². The van der Waals surface area contributed by atoms with Gasteiger partial charge in [-0.15, -0.1) is 0 Å². The minimum absolute atomic E-state index is 0.0575. The van der Waals surface area contributed by atoms with Crippen LogP contribution in [-0.4, -0.2) is 23.8 Å². The molecule has 1 aliphatic heterocycles. The Bertz CT molecular complexity index is 567. The molecule has 1 aromatic carbocycles. The third kappa shape index (κ3) is 2.35. The van der Waals surface area contributed by atoms with E-state index < -0.39 is 46.3 Å². The Morgan fingerprint density at radius 2 is 2.00 bits per heavy atom. The molecule has 0 unspecified atom stereocenters. The van der Waals surface area contributed by atoms with E-state index in [1.54, 1.807) is 0 Å². The van der Waals surface area contributed by atoms with Crippen LogP contribution < -0.4 is 5.32 Å². The monoisotopic (exact) mass is 310 g/mol. The van der Waals surface area contributed by atoms with Gasteiger partial charge in [0.1, 0.15) is 5.82 Å². The van der Waals surface area contributed by atoms with Gasteiger partial charge in [0.25, 0.3) is 18.0 Å². The fourth-order valence-electron chi connectivity index (χ4n) is 2.50. The maximum atomic E-state index is 14.1. The molecule has 0 aromatic heterocycles. The first-order valence-electron chi connectivity index (χ1n) is 6.08. The lowest BCUT2D eigenvalue weighted by atomic mass is 9.78. The number of non-ortho nitro benzene ring substituents is 1. The SMILES string of the molecule is O=[N+]([O-])c1ccc(F)c([C@@]2(C(F)F)NCCCC2(F)F)c1. The van der Waals surface area contributed by atoms with Gasteiger partial charge in [-0.3, -0.25) is 15.4 Å². The van der Waals surface area contributed by atoms with Gasteiger partial charge in [0.15, 0.2) is 5.54 Å². The molecule has 0 saturated carbocycles. The van der Waals surface area contributed by atoms with Crippen LogP contribution in [0.15, 0.2) is 18.2 Å². The predicted molar refractivity (Wildman–Crippen MR) is 62.9 cm³/mol. The maximum Gasteiger partial charge on any atom is 0.275 e. The Morgan fingerprint density at radius 3 is 2.52 bits per heavy atom. The number of alkyl halides is 4. The lowest BCUT2D eigenvalue weighted by molar-refractivity contribution is -0.385. The predicted octanol–water partition coefficient (Wildman–Crippen LogP) is 3.21. The van der Waals surface area contributed by atoms with Crippen LogP contribution in [0.2, 0.25) is 0 Å². The first kappa shape index (κ1) is 15.6. The number of nitrogens with one attached hydrogen (secondary N) is 1. The molecule has 4 nitrogen and oxygen atoms in total. The van der Waals surface area contributed by atoms with Crippen LogP contribution in [0, 0.1) is 15.9 Å². The van der Waals surface area contributed by atoms with Gasteiger partial charge in [-0.25, -0.2) is 22.0 Å². The van der Waals surface area contributed by atoms with Gasteiger partial charge in [0.2, 0.25) is 0 Å². The topological polar surface area (TPSA) is 55.2 Å². The third-order valence-electron chi connectivity index (χ3n) is 3.56. The van der Waals surface area contributed by atoms with Crippen LogP contribution in [0.3, 0.4) is 0 Å². The minimum atomic E-state index is -3.94. The van der Waals surface area contributed by atoms with E-state index >= 15 is 0 Å². The number of nitrogens with zero attached hydrogens (tertiary/aromatic N) is 1. The largest absolute Gasteiger partial charge is 0.298 e. The summed E-state index contributed by atoms with van der Waals surface area (Å²) in [7, 11) is 0. The molecular formula is C12H11F5N2O2. The number of nitro groups is 1. The molecule has 21 heavy (non-hydrogen) atoms. The van der Waals surface area contributed by atoms with Crippen molar-refractivity contribution >= 4 is 5.69 Å². The Hall–Kier alpha value is -1.77. The molecule has 1 heterocycles. The van der Waals surface area contributed by atoms with Crippen molar-refractivity contribution in [3.05, 3.63) is 39.7 Å². The molecule has 0 amide bonds. The second-order valence-electron chi connectivity index (χ2n) is 4.76. The van der Waals surface area contributed by atoms with Crippen LogP contribution in [-0.2, 0) is 5.54 Å². The molecular weight excluding hydrogens is 299 g/mol. The molecule has 1 saturated heterocycles. The minimum Gasteiger partial charge on any atom is -0.298 e. The van der Waals surface area contributed by atoms with Crippen molar-refractivity contribution in [2.24, 2.45) is 0 Å². The molecule has 1 atom stereocenters. The van der Waals surface area contributed by atoms with E-state index in [0.29, 0.717) is 12.1 Å². The zero-order valence-electron chi connectivity index (χ0n) is 10.6. The highest BCUT2D eigenvalue weighted by Crippen LogP contribution is 2.48. The van der Waals surface area contributed by atoms with Gasteiger partial charge in [0, 0.05) is 24.1 Å².